The van der Waals surface area contributed by atoms with Gasteiger partial charge in [-0.15, -0.1) is 0 Å². The zero-order valence-corrected chi connectivity index (χ0v) is 16.5. The number of carbonyl (C=O) groups excluding carboxylic acids is 1. The van der Waals surface area contributed by atoms with Gasteiger partial charge in [-0.1, -0.05) is 6.07 Å². The summed E-state index contributed by atoms with van der Waals surface area (Å²) >= 11 is 0. The van der Waals surface area contributed by atoms with Gasteiger partial charge in [0.1, 0.15) is 17.4 Å². The van der Waals surface area contributed by atoms with Crippen molar-refractivity contribution in [1.82, 2.24) is 10.5 Å². The summed E-state index contributed by atoms with van der Waals surface area (Å²) in [7, 11) is 0. The van der Waals surface area contributed by atoms with Crippen LogP contribution in [0.1, 0.15) is 30.0 Å². The maximum absolute atomic E-state index is 13.8. The smallest absolute Gasteiger partial charge is 0.247 e. The summed E-state index contributed by atoms with van der Waals surface area (Å²) in [5.41, 5.74) is 6.12. The van der Waals surface area contributed by atoms with Crippen LogP contribution in [-0.2, 0) is 4.79 Å². The number of ether oxygens (including phenoxy) is 1. The maximum atomic E-state index is 13.8. The second-order valence-corrected chi connectivity index (χ2v) is 7.05. The molecule has 1 aromatic heterocycles. The number of rotatable bonds is 5. The Balaban J connectivity index is 1.64. The molecule has 0 aliphatic heterocycles. The van der Waals surface area contributed by atoms with E-state index in [1.54, 1.807) is 23.8 Å². The van der Waals surface area contributed by atoms with Gasteiger partial charge in [0, 0.05) is 12.3 Å². The Morgan fingerprint density at radius 3 is 2.48 bits per heavy atom. The van der Waals surface area contributed by atoms with Crippen LogP contribution in [-0.4, -0.2) is 16.1 Å². The molecule has 0 radical (unpaired) electrons. The zero-order valence-electron chi connectivity index (χ0n) is 16.5. The standard InChI is InChI=1S/C24H18F2N2O3/c1-14-20(19-8-5-17(26)11-22(19)21(14)12-23(29)28-30)10-15-2-9-24(27-13-15)31-18-6-3-16(25)4-7-18/h2-11,13,30H,12H2,1H3,(H,28,29)/b20-10-. The molecule has 0 saturated heterocycles. The molecule has 1 aliphatic carbocycles. The molecule has 1 aliphatic rings. The Labute approximate surface area is 177 Å². The highest BCUT2D eigenvalue weighted by molar-refractivity contribution is 6.08. The number of hydrogen-bond acceptors (Lipinski definition) is 4. The first-order valence-corrected chi connectivity index (χ1v) is 9.49. The lowest BCUT2D eigenvalue weighted by atomic mass is 10.0. The van der Waals surface area contributed by atoms with Gasteiger partial charge in [-0.3, -0.25) is 10.0 Å². The van der Waals surface area contributed by atoms with Crippen LogP contribution in [0.5, 0.6) is 11.6 Å². The predicted molar refractivity (Wildman–Crippen MR) is 112 cm³/mol. The molecular weight excluding hydrogens is 402 g/mol. The van der Waals surface area contributed by atoms with Gasteiger partial charge in [0.05, 0.1) is 6.42 Å². The lowest BCUT2D eigenvalue weighted by Crippen LogP contribution is -2.18. The summed E-state index contributed by atoms with van der Waals surface area (Å²) in [6.45, 7) is 1.85. The number of carbonyl (C=O) groups is 1. The van der Waals surface area contributed by atoms with Gasteiger partial charge in [-0.05, 0) is 88.9 Å². The first-order chi connectivity index (χ1) is 14.9. The fourth-order valence-electron chi connectivity index (χ4n) is 3.51. The molecule has 2 N–H and O–H groups in total. The molecule has 0 fully saturated rings. The highest BCUT2D eigenvalue weighted by Crippen LogP contribution is 2.43. The van der Waals surface area contributed by atoms with Gasteiger partial charge in [-0.2, -0.15) is 0 Å². The normalized spacial score (nSPS) is 14.0. The summed E-state index contributed by atoms with van der Waals surface area (Å²) in [5.74, 6) is -0.501. The van der Waals surface area contributed by atoms with E-state index in [0.717, 1.165) is 22.3 Å². The Morgan fingerprint density at radius 1 is 1.06 bits per heavy atom. The van der Waals surface area contributed by atoms with Gasteiger partial charge < -0.3 is 4.74 Å². The summed E-state index contributed by atoms with van der Waals surface area (Å²) in [5, 5.41) is 8.88. The SMILES string of the molecule is CC1=C(CC(=O)NO)c2cc(F)ccc2/C1=C\c1ccc(Oc2ccc(F)cc2)nc1. The average molecular weight is 420 g/mol. The van der Waals surface area contributed by atoms with E-state index < -0.39 is 11.7 Å². The molecule has 1 heterocycles. The molecule has 0 unspecified atom stereocenters. The maximum Gasteiger partial charge on any atom is 0.247 e. The molecule has 0 saturated carbocycles. The van der Waals surface area contributed by atoms with Crippen molar-refractivity contribution in [2.75, 3.05) is 0 Å². The highest BCUT2D eigenvalue weighted by Gasteiger charge is 2.25. The van der Waals surface area contributed by atoms with E-state index in [1.807, 2.05) is 19.1 Å². The van der Waals surface area contributed by atoms with E-state index in [9.17, 15) is 13.6 Å². The minimum absolute atomic E-state index is 0.0706. The van der Waals surface area contributed by atoms with Crippen LogP contribution in [0.2, 0.25) is 0 Å². The Kier molecular flexibility index (Phi) is 5.60. The number of hydrogen-bond donors (Lipinski definition) is 2. The number of aromatic nitrogens is 1. The summed E-state index contributed by atoms with van der Waals surface area (Å²) < 4.78 is 32.5. The first kappa shape index (κ1) is 20.4. The van der Waals surface area contributed by atoms with Crippen molar-refractivity contribution in [2.24, 2.45) is 0 Å². The number of halogens is 2. The van der Waals surface area contributed by atoms with Gasteiger partial charge >= 0.3 is 0 Å². The summed E-state index contributed by atoms with van der Waals surface area (Å²) in [4.78, 5) is 16.0. The fourth-order valence-corrected chi connectivity index (χ4v) is 3.51. The number of benzene rings is 2. The largest absolute Gasteiger partial charge is 0.439 e. The summed E-state index contributed by atoms with van der Waals surface area (Å²) in [6, 6.07) is 13.6. The third-order valence-electron chi connectivity index (χ3n) is 5.02. The Morgan fingerprint density at radius 2 is 1.81 bits per heavy atom. The van der Waals surface area contributed by atoms with E-state index in [2.05, 4.69) is 4.98 Å². The molecule has 4 rings (SSSR count). The molecule has 5 nitrogen and oxygen atoms in total. The lowest BCUT2D eigenvalue weighted by molar-refractivity contribution is -0.128. The van der Waals surface area contributed by atoms with E-state index >= 15 is 0 Å². The Hall–Kier alpha value is -3.84. The van der Waals surface area contributed by atoms with Crippen molar-refractivity contribution in [3.05, 3.63) is 94.7 Å². The van der Waals surface area contributed by atoms with E-state index in [-0.39, 0.29) is 12.2 Å². The minimum Gasteiger partial charge on any atom is -0.439 e. The third-order valence-corrected chi connectivity index (χ3v) is 5.02. The predicted octanol–water partition coefficient (Wildman–Crippen LogP) is 5.38. The molecule has 1 amide bonds. The zero-order chi connectivity index (χ0) is 22.0. The molecule has 2 aromatic carbocycles. The van der Waals surface area contributed by atoms with Crippen LogP contribution in [0.25, 0.3) is 17.2 Å². The van der Waals surface area contributed by atoms with Crippen LogP contribution < -0.4 is 10.2 Å². The number of allylic oxidation sites excluding steroid dienone is 2. The van der Waals surface area contributed by atoms with Crippen molar-refractivity contribution >= 4 is 23.1 Å². The molecular formula is C24H18F2N2O3. The molecule has 7 heteroatoms. The average Bonchev–Trinajstić information content (AvgIpc) is 3.01. The monoisotopic (exact) mass is 420 g/mol. The third kappa shape index (κ3) is 4.36. The highest BCUT2D eigenvalue weighted by atomic mass is 19.1. The van der Waals surface area contributed by atoms with Crippen molar-refractivity contribution in [2.45, 2.75) is 13.3 Å². The van der Waals surface area contributed by atoms with Crippen LogP contribution in [0.15, 0.2) is 66.4 Å². The van der Waals surface area contributed by atoms with Crippen LogP contribution in [0.4, 0.5) is 8.78 Å². The number of amides is 1. The Bertz CT molecular complexity index is 1200. The number of pyridine rings is 1. The van der Waals surface area contributed by atoms with Crippen LogP contribution >= 0.6 is 0 Å². The van der Waals surface area contributed by atoms with Crippen molar-refractivity contribution < 1.29 is 23.5 Å². The molecule has 3 aromatic rings. The van der Waals surface area contributed by atoms with Gasteiger partial charge in [0.15, 0.2) is 0 Å². The second-order valence-electron chi connectivity index (χ2n) is 7.05. The van der Waals surface area contributed by atoms with Gasteiger partial charge in [0.2, 0.25) is 11.8 Å². The number of hydroxylamine groups is 1. The quantitative estimate of drug-likeness (QED) is 0.430. The van der Waals surface area contributed by atoms with E-state index in [4.69, 9.17) is 9.94 Å². The van der Waals surface area contributed by atoms with E-state index in [1.165, 1.54) is 36.4 Å². The van der Waals surface area contributed by atoms with Crippen molar-refractivity contribution in [3.63, 3.8) is 0 Å². The van der Waals surface area contributed by atoms with Crippen molar-refractivity contribution in [3.8, 4) is 11.6 Å². The van der Waals surface area contributed by atoms with Gasteiger partial charge in [-0.25, -0.2) is 19.2 Å². The lowest BCUT2D eigenvalue weighted by Gasteiger charge is -2.06. The molecule has 156 valence electrons. The van der Waals surface area contributed by atoms with Gasteiger partial charge in [0.25, 0.3) is 0 Å². The molecule has 0 spiro atoms. The first-order valence-electron chi connectivity index (χ1n) is 9.49. The second kappa shape index (κ2) is 8.49. The minimum atomic E-state index is -0.574. The number of nitrogens with one attached hydrogen (secondary N) is 1. The number of nitrogens with zero attached hydrogens (tertiary/aromatic N) is 1. The molecule has 0 bridgehead atoms. The summed E-state index contributed by atoms with van der Waals surface area (Å²) in [6.07, 6.45) is 3.45. The molecule has 31 heavy (non-hydrogen) atoms. The van der Waals surface area contributed by atoms with Crippen molar-refractivity contribution in [1.29, 1.82) is 0 Å². The topological polar surface area (TPSA) is 71.5 Å². The van der Waals surface area contributed by atoms with Crippen LogP contribution in [0.3, 0.4) is 0 Å². The fraction of sp³-hybridized carbons (Fsp3) is 0.0833. The molecule has 0 atom stereocenters. The van der Waals surface area contributed by atoms with E-state index in [0.29, 0.717) is 22.8 Å². The number of fused-ring (bicyclic) bond motifs is 1. The van der Waals surface area contributed by atoms with Crippen LogP contribution in [0, 0.1) is 11.6 Å².